The van der Waals surface area contributed by atoms with Crippen LogP contribution in [0, 0.1) is 5.82 Å². The summed E-state index contributed by atoms with van der Waals surface area (Å²) in [7, 11) is 0. The number of carbonyl (C=O) groups excluding carboxylic acids is 2. The van der Waals surface area contributed by atoms with E-state index >= 15 is 0 Å². The topological polar surface area (TPSA) is 81.3 Å². The average molecular weight is 299 g/mol. The van der Waals surface area contributed by atoms with Crippen molar-refractivity contribution >= 4 is 23.8 Å². The summed E-state index contributed by atoms with van der Waals surface area (Å²) in [5.74, 6) is -1.06. The fourth-order valence-electron chi connectivity index (χ4n) is 1.48. The van der Waals surface area contributed by atoms with Crippen molar-refractivity contribution in [1.29, 1.82) is 0 Å². The van der Waals surface area contributed by atoms with Crippen LogP contribution in [-0.2, 0) is 11.3 Å². The Kier molecular flexibility index (Phi) is 6.86. The Morgan fingerprint density at radius 3 is 2.55 bits per heavy atom. The standard InChI is InChI=1S/C13H17FN2O3S/c1-20-7-6-11(12(17)18)16-13(19)15-8-9-2-4-10(14)5-3-9/h2-5,11H,6-8H2,1H3,(H,17,18)(H2,15,16,19)/p-1/t11-/m0/s1. The van der Waals surface area contributed by atoms with Gasteiger partial charge < -0.3 is 20.5 Å². The molecule has 1 atom stereocenters. The largest absolute Gasteiger partial charge is 0.548 e. The molecule has 1 aromatic rings. The summed E-state index contributed by atoms with van der Waals surface area (Å²) in [5.41, 5.74) is 0.718. The van der Waals surface area contributed by atoms with Gasteiger partial charge in [-0.1, -0.05) is 12.1 Å². The number of carboxylic acid groups (broad SMARTS) is 1. The summed E-state index contributed by atoms with van der Waals surface area (Å²) < 4.78 is 12.7. The van der Waals surface area contributed by atoms with E-state index in [1.54, 1.807) is 12.1 Å². The number of thioether (sulfide) groups is 1. The number of rotatable bonds is 7. The highest BCUT2D eigenvalue weighted by atomic mass is 32.2. The number of aliphatic carboxylic acids is 1. The second-order valence-corrected chi connectivity index (χ2v) is 5.09. The Bertz CT molecular complexity index is 453. The molecule has 1 rings (SSSR count). The molecule has 2 amide bonds. The van der Waals surface area contributed by atoms with Crippen LogP contribution in [0.2, 0.25) is 0 Å². The lowest BCUT2D eigenvalue weighted by atomic mass is 10.2. The van der Waals surface area contributed by atoms with E-state index < -0.39 is 18.0 Å². The minimum Gasteiger partial charge on any atom is -0.548 e. The highest BCUT2D eigenvalue weighted by Crippen LogP contribution is 2.02. The fraction of sp³-hybridized carbons (Fsp3) is 0.385. The highest BCUT2D eigenvalue weighted by Gasteiger charge is 2.12. The minimum absolute atomic E-state index is 0.189. The molecule has 7 heteroatoms. The molecular formula is C13H16FN2O3S-. The first-order valence-corrected chi connectivity index (χ1v) is 7.41. The van der Waals surface area contributed by atoms with Gasteiger partial charge >= 0.3 is 6.03 Å². The van der Waals surface area contributed by atoms with Gasteiger partial charge in [0.25, 0.3) is 0 Å². The van der Waals surface area contributed by atoms with E-state index in [1.165, 1.54) is 23.9 Å². The molecule has 0 bridgehead atoms. The maximum atomic E-state index is 12.7. The number of hydrogen-bond donors (Lipinski definition) is 2. The number of carboxylic acids is 1. The predicted octanol–water partition coefficient (Wildman–Crippen LogP) is 0.496. The molecule has 0 saturated carbocycles. The Labute approximate surface area is 120 Å². The number of halogens is 1. The van der Waals surface area contributed by atoms with Gasteiger partial charge in [-0.15, -0.1) is 0 Å². The molecule has 0 spiro atoms. The van der Waals surface area contributed by atoms with E-state index in [2.05, 4.69) is 10.6 Å². The lowest BCUT2D eigenvalue weighted by Gasteiger charge is -2.19. The number of hydrogen-bond acceptors (Lipinski definition) is 4. The van der Waals surface area contributed by atoms with Crippen LogP contribution in [0.3, 0.4) is 0 Å². The maximum absolute atomic E-state index is 12.7. The summed E-state index contributed by atoms with van der Waals surface area (Å²) in [6, 6.07) is 4.05. The van der Waals surface area contributed by atoms with Crippen LogP contribution in [-0.4, -0.2) is 30.1 Å². The van der Waals surface area contributed by atoms with E-state index in [4.69, 9.17) is 0 Å². The molecule has 0 aliphatic carbocycles. The quantitative estimate of drug-likeness (QED) is 0.768. The molecule has 5 nitrogen and oxygen atoms in total. The molecule has 1 aromatic carbocycles. The van der Waals surface area contributed by atoms with Gasteiger partial charge in [0.05, 0.1) is 12.0 Å². The average Bonchev–Trinajstić information content (AvgIpc) is 2.42. The summed E-state index contributed by atoms with van der Waals surface area (Å²) in [4.78, 5) is 22.4. The molecule has 0 aromatic heterocycles. The molecule has 2 N–H and O–H groups in total. The summed E-state index contributed by atoms with van der Waals surface area (Å²) >= 11 is 1.49. The van der Waals surface area contributed by atoms with E-state index in [9.17, 15) is 19.1 Å². The smallest absolute Gasteiger partial charge is 0.315 e. The van der Waals surface area contributed by atoms with Gasteiger partial charge in [0.15, 0.2) is 0 Å². The summed E-state index contributed by atoms with van der Waals surface area (Å²) in [5, 5.41) is 15.7. The SMILES string of the molecule is CSCC[C@H](NC(=O)NCc1ccc(F)cc1)C(=O)[O-]. The normalized spacial score (nSPS) is 11.7. The van der Waals surface area contributed by atoms with Crippen molar-refractivity contribution in [2.24, 2.45) is 0 Å². The van der Waals surface area contributed by atoms with Crippen molar-refractivity contribution in [3.63, 3.8) is 0 Å². The number of nitrogens with one attached hydrogen (secondary N) is 2. The third kappa shape index (κ3) is 5.92. The third-order valence-corrected chi connectivity index (χ3v) is 3.21. The minimum atomic E-state index is -1.31. The van der Waals surface area contributed by atoms with Crippen molar-refractivity contribution in [3.8, 4) is 0 Å². The van der Waals surface area contributed by atoms with Crippen LogP contribution in [0.5, 0.6) is 0 Å². The third-order valence-electron chi connectivity index (χ3n) is 2.57. The van der Waals surface area contributed by atoms with Gasteiger partial charge in [0.2, 0.25) is 0 Å². The first-order valence-electron chi connectivity index (χ1n) is 6.01. The second-order valence-electron chi connectivity index (χ2n) is 4.11. The van der Waals surface area contributed by atoms with Crippen molar-refractivity contribution in [2.45, 2.75) is 19.0 Å². The van der Waals surface area contributed by atoms with Crippen LogP contribution in [0.4, 0.5) is 9.18 Å². The Morgan fingerprint density at radius 2 is 2.00 bits per heavy atom. The van der Waals surface area contributed by atoms with Gasteiger partial charge in [0.1, 0.15) is 5.82 Å². The van der Waals surface area contributed by atoms with Gasteiger partial charge in [-0.3, -0.25) is 0 Å². The monoisotopic (exact) mass is 299 g/mol. The second kappa shape index (κ2) is 8.42. The molecule has 0 aliphatic rings. The molecule has 20 heavy (non-hydrogen) atoms. The maximum Gasteiger partial charge on any atom is 0.315 e. The molecule has 0 heterocycles. The number of carbonyl (C=O) groups is 2. The van der Waals surface area contributed by atoms with E-state index in [-0.39, 0.29) is 12.4 Å². The Balaban J connectivity index is 2.41. The zero-order valence-electron chi connectivity index (χ0n) is 11.0. The Morgan fingerprint density at radius 1 is 1.35 bits per heavy atom. The van der Waals surface area contributed by atoms with Crippen molar-refractivity contribution in [2.75, 3.05) is 12.0 Å². The number of benzene rings is 1. The fourth-order valence-corrected chi connectivity index (χ4v) is 1.95. The van der Waals surface area contributed by atoms with E-state index in [0.717, 1.165) is 5.56 Å². The zero-order chi connectivity index (χ0) is 15.0. The molecule has 0 unspecified atom stereocenters. The van der Waals surface area contributed by atoms with Crippen molar-refractivity contribution in [1.82, 2.24) is 10.6 Å². The molecule has 0 aliphatic heterocycles. The van der Waals surface area contributed by atoms with Crippen LogP contribution in [0.15, 0.2) is 24.3 Å². The zero-order valence-corrected chi connectivity index (χ0v) is 11.8. The Hall–Kier alpha value is -1.76. The number of amides is 2. The van der Waals surface area contributed by atoms with Gasteiger partial charge in [0, 0.05) is 6.54 Å². The van der Waals surface area contributed by atoms with Gasteiger partial charge in [-0.25, -0.2) is 9.18 Å². The van der Waals surface area contributed by atoms with Crippen molar-refractivity contribution < 1.29 is 19.1 Å². The summed E-state index contributed by atoms with van der Waals surface area (Å²) in [6.07, 6.45) is 2.15. The van der Waals surface area contributed by atoms with Gasteiger partial charge in [-0.05, 0) is 36.1 Å². The molecule has 0 saturated heterocycles. The molecule has 0 fully saturated rings. The molecule has 110 valence electrons. The van der Waals surface area contributed by atoms with E-state index in [0.29, 0.717) is 12.2 Å². The predicted molar refractivity (Wildman–Crippen MR) is 73.6 cm³/mol. The van der Waals surface area contributed by atoms with Crippen LogP contribution in [0.1, 0.15) is 12.0 Å². The molecular weight excluding hydrogens is 283 g/mol. The molecule has 0 radical (unpaired) electrons. The van der Waals surface area contributed by atoms with Crippen molar-refractivity contribution in [3.05, 3.63) is 35.6 Å². The van der Waals surface area contributed by atoms with Crippen LogP contribution < -0.4 is 15.7 Å². The van der Waals surface area contributed by atoms with Gasteiger partial charge in [-0.2, -0.15) is 11.8 Å². The van der Waals surface area contributed by atoms with Crippen LogP contribution >= 0.6 is 11.8 Å². The van der Waals surface area contributed by atoms with E-state index in [1.807, 2.05) is 6.26 Å². The lowest BCUT2D eigenvalue weighted by Crippen LogP contribution is -2.51. The van der Waals surface area contributed by atoms with Crippen LogP contribution in [0.25, 0.3) is 0 Å². The highest BCUT2D eigenvalue weighted by molar-refractivity contribution is 7.98. The number of urea groups is 1. The lowest BCUT2D eigenvalue weighted by molar-refractivity contribution is -0.308. The summed E-state index contributed by atoms with van der Waals surface area (Å²) in [6.45, 7) is 0.189. The first-order chi connectivity index (χ1) is 9.52. The first kappa shape index (κ1) is 16.3.